The van der Waals surface area contributed by atoms with Crippen LogP contribution in [0, 0.1) is 0 Å². The lowest BCUT2D eigenvalue weighted by Crippen LogP contribution is -2.34. The monoisotopic (exact) mass is 174 g/mol. The van der Waals surface area contributed by atoms with E-state index < -0.39 is 0 Å². The Morgan fingerprint density at radius 2 is 1.00 bits per heavy atom. The van der Waals surface area contributed by atoms with Crippen LogP contribution in [0.5, 0.6) is 0 Å². The molecule has 0 fully saturated rings. The molecule has 0 unspecified atom stereocenters. The minimum Gasteiger partial charge on any atom is -0.313 e. The summed E-state index contributed by atoms with van der Waals surface area (Å²) >= 11 is 0. The summed E-state index contributed by atoms with van der Waals surface area (Å²) < 4.78 is 0. The van der Waals surface area contributed by atoms with Crippen LogP contribution in [0.4, 0.5) is 0 Å². The summed E-state index contributed by atoms with van der Waals surface area (Å²) in [7, 11) is 0. The molecule has 2 nitrogen and oxygen atoms in total. The second-order valence-electron chi connectivity index (χ2n) is 3.22. The molecule has 0 aliphatic carbocycles. The molecule has 0 bridgehead atoms. The van der Waals surface area contributed by atoms with Gasteiger partial charge in [-0.05, 0) is 0 Å². The fraction of sp³-hybridized carbons (Fsp3) is 1.00. The molecule has 2 N–H and O–H groups in total. The molecule has 0 atom stereocenters. The van der Waals surface area contributed by atoms with E-state index in [1.165, 1.54) is 0 Å². The molecule has 76 valence electrons. The van der Waals surface area contributed by atoms with E-state index in [0.717, 1.165) is 13.1 Å². The summed E-state index contributed by atoms with van der Waals surface area (Å²) in [5, 5.41) is 6.68. The van der Waals surface area contributed by atoms with E-state index in [1.807, 2.05) is 13.8 Å². The van der Waals surface area contributed by atoms with Crippen LogP contribution >= 0.6 is 0 Å². The first-order valence-electron chi connectivity index (χ1n) is 5.09. The van der Waals surface area contributed by atoms with Gasteiger partial charge in [0.05, 0.1) is 0 Å². The molecule has 0 spiro atoms. The van der Waals surface area contributed by atoms with Crippen LogP contribution in [0.2, 0.25) is 0 Å². The Balaban J connectivity index is 0. The van der Waals surface area contributed by atoms with Gasteiger partial charge in [0.1, 0.15) is 0 Å². The molecule has 0 aliphatic heterocycles. The lowest BCUT2D eigenvalue weighted by molar-refractivity contribution is 0.525. The number of nitrogens with one attached hydrogen (secondary N) is 2. The maximum absolute atomic E-state index is 3.34. The van der Waals surface area contributed by atoms with Gasteiger partial charge in [-0.1, -0.05) is 41.5 Å². The van der Waals surface area contributed by atoms with Crippen LogP contribution < -0.4 is 10.6 Å². The van der Waals surface area contributed by atoms with Gasteiger partial charge in [0.15, 0.2) is 0 Å². The molecule has 0 saturated heterocycles. The highest BCUT2D eigenvalue weighted by molar-refractivity contribution is 4.57. The first-order valence-corrected chi connectivity index (χ1v) is 5.09. The van der Waals surface area contributed by atoms with Crippen molar-refractivity contribution in [1.82, 2.24) is 10.6 Å². The molecular weight excluding hydrogens is 148 g/mol. The van der Waals surface area contributed by atoms with Crippen molar-refractivity contribution in [2.45, 2.75) is 53.6 Å². The quantitative estimate of drug-likeness (QED) is 0.623. The van der Waals surface area contributed by atoms with Crippen molar-refractivity contribution in [2.75, 3.05) is 13.1 Å². The Morgan fingerprint density at radius 1 is 0.750 bits per heavy atom. The SMILES string of the molecule is CC.CC(C)NCCNC(C)C. The predicted molar refractivity (Wildman–Crippen MR) is 57.6 cm³/mol. The van der Waals surface area contributed by atoms with Gasteiger partial charge < -0.3 is 10.6 Å². The van der Waals surface area contributed by atoms with Crippen LogP contribution in [0.15, 0.2) is 0 Å². The summed E-state index contributed by atoms with van der Waals surface area (Å²) in [6, 6.07) is 1.21. The van der Waals surface area contributed by atoms with Crippen LogP contribution in [0.1, 0.15) is 41.5 Å². The number of hydrogen-bond acceptors (Lipinski definition) is 2. The molecule has 12 heavy (non-hydrogen) atoms. The lowest BCUT2D eigenvalue weighted by atomic mass is 10.3. The van der Waals surface area contributed by atoms with Gasteiger partial charge in [-0.3, -0.25) is 0 Å². The van der Waals surface area contributed by atoms with Crippen molar-refractivity contribution in [3.63, 3.8) is 0 Å². The Hall–Kier alpha value is -0.0800. The molecule has 0 aromatic heterocycles. The van der Waals surface area contributed by atoms with E-state index in [9.17, 15) is 0 Å². The van der Waals surface area contributed by atoms with E-state index in [-0.39, 0.29) is 0 Å². The average Bonchev–Trinajstić information content (AvgIpc) is 2.02. The smallest absolute Gasteiger partial charge is 0.00791 e. The third-order valence-electron chi connectivity index (χ3n) is 1.23. The molecule has 0 rings (SSSR count). The molecular formula is C10H26N2. The first kappa shape index (κ1) is 14.4. The highest BCUT2D eigenvalue weighted by atomic mass is 15.0. The molecule has 0 aromatic carbocycles. The summed E-state index contributed by atoms with van der Waals surface area (Å²) in [5.74, 6) is 0. The lowest BCUT2D eigenvalue weighted by Gasteiger charge is -2.10. The van der Waals surface area contributed by atoms with Gasteiger partial charge in [-0.25, -0.2) is 0 Å². The summed E-state index contributed by atoms with van der Waals surface area (Å²) in [4.78, 5) is 0. The van der Waals surface area contributed by atoms with Crippen molar-refractivity contribution in [1.29, 1.82) is 0 Å². The van der Waals surface area contributed by atoms with Crippen LogP contribution in [-0.4, -0.2) is 25.2 Å². The fourth-order valence-electron chi connectivity index (χ4n) is 0.722. The molecule has 0 aromatic rings. The number of hydrogen-bond donors (Lipinski definition) is 2. The molecule has 0 radical (unpaired) electrons. The zero-order valence-electron chi connectivity index (χ0n) is 9.57. The van der Waals surface area contributed by atoms with Gasteiger partial charge >= 0.3 is 0 Å². The third-order valence-corrected chi connectivity index (χ3v) is 1.23. The molecule has 0 aliphatic rings. The summed E-state index contributed by atoms with van der Waals surface area (Å²) in [5.41, 5.74) is 0. The largest absolute Gasteiger partial charge is 0.313 e. The molecule has 2 heteroatoms. The van der Waals surface area contributed by atoms with E-state index in [1.54, 1.807) is 0 Å². The van der Waals surface area contributed by atoms with Crippen molar-refractivity contribution in [3.05, 3.63) is 0 Å². The van der Waals surface area contributed by atoms with Gasteiger partial charge in [-0.15, -0.1) is 0 Å². The summed E-state index contributed by atoms with van der Waals surface area (Å²) in [6.07, 6.45) is 0. The Labute approximate surface area is 78.1 Å². The van der Waals surface area contributed by atoms with E-state index in [0.29, 0.717) is 12.1 Å². The van der Waals surface area contributed by atoms with Gasteiger partial charge in [-0.2, -0.15) is 0 Å². The standard InChI is InChI=1S/C8H20N2.C2H6/c1-7(2)9-5-6-10-8(3)4;1-2/h7-10H,5-6H2,1-4H3;1-2H3. The predicted octanol–water partition coefficient (Wildman–Crippen LogP) is 2.01. The van der Waals surface area contributed by atoms with E-state index >= 15 is 0 Å². The molecule has 0 heterocycles. The van der Waals surface area contributed by atoms with Crippen molar-refractivity contribution in [3.8, 4) is 0 Å². The second-order valence-corrected chi connectivity index (χ2v) is 3.22. The molecule has 0 saturated carbocycles. The van der Waals surface area contributed by atoms with Gasteiger partial charge in [0.25, 0.3) is 0 Å². The molecule has 0 amide bonds. The second kappa shape index (κ2) is 10.9. The van der Waals surface area contributed by atoms with Crippen molar-refractivity contribution >= 4 is 0 Å². The van der Waals surface area contributed by atoms with Crippen molar-refractivity contribution in [2.24, 2.45) is 0 Å². The van der Waals surface area contributed by atoms with Crippen LogP contribution in [0.3, 0.4) is 0 Å². The number of rotatable bonds is 5. The highest BCUT2D eigenvalue weighted by Crippen LogP contribution is 1.76. The average molecular weight is 174 g/mol. The zero-order valence-corrected chi connectivity index (χ0v) is 9.57. The zero-order chi connectivity index (χ0) is 9.98. The maximum atomic E-state index is 3.34. The van der Waals surface area contributed by atoms with Crippen LogP contribution in [0.25, 0.3) is 0 Å². The Morgan fingerprint density at radius 3 is 1.17 bits per heavy atom. The third kappa shape index (κ3) is 16.5. The topological polar surface area (TPSA) is 24.1 Å². The minimum atomic E-state index is 0.606. The van der Waals surface area contributed by atoms with E-state index in [2.05, 4.69) is 38.3 Å². The normalized spacial score (nSPS) is 10.0. The van der Waals surface area contributed by atoms with Gasteiger partial charge in [0.2, 0.25) is 0 Å². The van der Waals surface area contributed by atoms with Gasteiger partial charge in [0, 0.05) is 25.2 Å². The Kier molecular flexibility index (Phi) is 13.1. The fourth-order valence-corrected chi connectivity index (χ4v) is 0.722. The minimum absolute atomic E-state index is 0.606. The maximum Gasteiger partial charge on any atom is 0.00791 e. The first-order chi connectivity index (χ1) is 5.63. The van der Waals surface area contributed by atoms with Crippen LogP contribution in [-0.2, 0) is 0 Å². The van der Waals surface area contributed by atoms with E-state index in [4.69, 9.17) is 0 Å². The Bertz CT molecular complexity index is 60.2. The van der Waals surface area contributed by atoms with Crippen molar-refractivity contribution < 1.29 is 0 Å². The highest BCUT2D eigenvalue weighted by Gasteiger charge is 1.92. The summed E-state index contributed by atoms with van der Waals surface area (Å²) in [6.45, 7) is 14.8.